The molecule has 0 saturated heterocycles. The second-order valence-corrected chi connectivity index (χ2v) is 6.46. The van der Waals surface area contributed by atoms with Crippen LogP contribution in [0.15, 0.2) is 30.3 Å². The highest BCUT2D eigenvalue weighted by Crippen LogP contribution is 2.37. The van der Waals surface area contributed by atoms with Crippen LogP contribution in [-0.2, 0) is 0 Å². The van der Waals surface area contributed by atoms with Gasteiger partial charge in [-0.05, 0) is 44.5 Å². The van der Waals surface area contributed by atoms with Crippen LogP contribution >= 0.6 is 22.9 Å². The van der Waals surface area contributed by atoms with E-state index in [9.17, 15) is 0 Å². The first-order chi connectivity index (χ1) is 9.06. The molecule has 96 valence electrons. The SMILES string of the molecule is Cc1ccc(Cl)c(-c2c(C)ccc3sc(C)nc23)c1. The van der Waals surface area contributed by atoms with E-state index in [1.807, 2.05) is 19.1 Å². The molecule has 3 heteroatoms. The van der Waals surface area contributed by atoms with E-state index in [2.05, 4.69) is 37.0 Å². The number of rotatable bonds is 1. The second kappa shape index (κ2) is 4.62. The van der Waals surface area contributed by atoms with Gasteiger partial charge in [0.1, 0.15) is 0 Å². The lowest BCUT2D eigenvalue weighted by molar-refractivity contribution is 1.34. The summed E-state index contributed by atoms with van der Waals surface area (Å²) in [5.41, 5.74) is 5.73. The van der Waals surface area contributed by atoms with Crippen LogP contribution in [0.2, 0.25) is 5.02 Å². The van der Waals surface area contributed by atoms with Gasteiger partial charge in [0, 0.05) is 16.1 Å². The molecule has 0 amide bonds. The summed E-state index contributed by atoms with van der Waals surface area (Å²) in [5, 5.41) is 1.87. The van der Waals surface area contributed by atoms with E-state index in [1.165, 1.54) is 15.8 Å². The monoisotopic (exact) mass is 287 g/mol. The summed E-state index contributed by atoms with van der Waals surface area (Å²) >= 11 is 8.11. The number of aryl methyl sites for hydroxylation is 3. The maximum Gasteiger partial charge on any atom is 0.0908 e. The molecule has 0 N–H and O–H groups in total. The lowest BCUT2D eigenvalue weighted by Crippen LogP contribution is -1.88. The summed E-state index contributed by atoms with van der Waals surface area (Å²) < 4.78 is 1.22. The summed E-state index contributed by atoms with van der Waals surface area (Å²) in [5.74, 6) is 0. The van der Waals surface area contributed by atoms with E-state index in [1.54, 1.807) is 11.3 Å². The molecule has 1 heterocycles. The average Bonchev–Trinajstić information content (AvgIpc) is 2.73. The molecule has 0 unspecified atom stereocenters. The zero-order valence-electron chi connectivity index (χ0n) is 11.1. The molecule has 0 bridgehead atoms. The Bertz CT molecular complexity index is 774. The molecule has 0 radical (unpaired) electrons. The minimum Gasteiger partial charge on any atom is -0.241 e. The van der Waals surface area contributed by atoms with Crippen molar-refractivity contribution in [2.75, 3.05) is 0 Å². The smallest absolute Gasteiger partial charge is 0.0908 e. The molecule has 3 aromatic rings. The Morgan fingerprint density at radius 3 is 2.63 bits per heavy atom. The van der Waals surface area contributed by atoms with Gasteiger partial charge in [-0.3, -0.25) is 0 Å². The number of benzene rings is 2. The minimum atomic E-state index is 0.784. The normalized spacial score (nSPS) is 11.2. The van der Waals surface area contributed by atoms with Crippen LogP contribution in [0, 0.1) is 20.8 Å². The minimum absolute atomic E-state index is 0.784. The Hall–Kier alpha value is -1.38. The summed E-state index contributed by atoms with van der Waals surface area (Å²) in [6.07, 6.45) is 0. The number of aromatic nitrogens is 1. The van der Waals surface area contributed by atoms with Crippen molar-refractivity contribution in [3.63, 3.8) is 0 Å². The summed E-state index contributed by atoms with van der Waals surface area (Å²) in [7, 11) is 0. The average molecular weight is 288 g/mol. The van der Waals surface area contributed by atoms with Crippen molar-refractivity contribution in [3.8, 4) is 11.1 Å². The molecule has 1 nitrogen and oxygen atoms in total. The van der Waals surface area contributed by atoms with Crippen LogP contribution in [-0.4, -0.2) is 4.98 Å². The fourth-order valence-electron chi connectivity index (χ4n) is 2.38. The quantitative estimate of drug-likeness (QED) is 0.572. The third-order valence-corrected chi connectivity index (χ3v) is 4.53. The van der Waals surface area contributed by atoms with Crippen molar-refractivity contribution < 1.29 is 0 Å². The second-order valence-electron chi connectivity index (χ2n) is 4.82. The Kier molecular flexibility index (Phi) is 3.08. The summed E-state index contributed by atoms with van der Waals surface area (Å²) in [6.45, 7) is 6.24. The van der Waals surface area contributed by atoms with Crippen LogP contribution in [0.1, 0.15) is 16.1 Å². The van der Waals surface area contributed by atoms with Gasteiger partial charge in [0.25, 0.3) is 0 Å². The molecule has 3 rings (SSSR count). The molecule has 1 aromatic heterocycles. The Morgan fingerprint density at radius 2 is 1.84 bits per heavy atom. The Morgan fingerprint density at radius 1 is 1.05 bits per heavy atom. The van der Waals surface area contributed by atoms with Crippen molar-refractivity contribution in [2.24, 2.45) is 0 Å². The van der Waals surface area contributed by atoms with Gasteiger partial charge in [0.05, 0.1) is 15.2 Å². The van der Waals surface area contributed by atoms with Gasteiger partial charge in [-0.2, -0.15) is 0 Å². The molecular formula is C16H14ClNS. The number of hydrogen-bond donors (Lipinski definition) is 0. The number of halogens is 1. The van der Waals surface area contributed by atoms with Gasteiger partial charge in [-0.15, -0.1) is 11.3 Å². The van der Waals surface area contributed by atoms with Gasteiger partial charge < -0.3 is 0 Å². The number of fused-ring (bicyclic) bond motifs is 1. The maximum atomic E-state index is 6.39. The van der Waals surface area contributed by atoms with Gasteiger partial charge in [0.15, 0.2) is 0 Å². The molecule has 0 atom stereocenters. The molecule has 19 heavy (non-hydrogen) atoms. The standard InChI is InChI=1S/C16H14ClNS/c1-9-4-6-13(17)12(8-9)15-10(2)5-7-14-16(15)18-11(3)19-14/h4-8H,1-3H3. The first-order valence-electron chi connectivity index (χ1n) is 6.19. The zero-order chi connectivity index (χ0) is 13.6. The van der Waals surface area contributed by atoms with Crippen molar-refractivity contribution in [2.45, 2.75) is 20.8 Å². The lowest BCUT2D eigenvalue weighted by Gasteiger charge is -2.10. The van der Waals surface area contributed by atoms with Crippen LogP contribution in [0.4, 0.5) is 0 Å². The van der Waals surface area contributed by atoms with Crippen molar-refractivity contribution >= 4 is 33.2 Å². The van der Waals surface area contributed by atoms with Gasteiger partial charge in [-0.1, -0.05) is 29.3 Å². The topological polar surface area (TPSA) is 12.9 Å². The molecule has 0 spiro atoms. The predicted octanol–water partition coefficient (Wildman–Crippen LogP) is 5.54. The van der Waals surface area contributed by atoms with Crippen LogP contribution in [0.25, 0.3) is 21.3 Å². The molecule has 0 aliphatic heterocycles. The summed E-state index contributed by atoms with van der Waals surface area (Å²) in [6, 6.07) is 10.4. The van der Waals surface area contributed by atoms with E-state index < -0.39 is 0 Å². The fourth-order valence-corrected chi connectivity index (χ4v) is 3.42. The van der Waals surface area contributed by atoms with E-state index >= 15 is 0 Å². The van der Waals surface area contributed by atoms with Gasteiger partial charge in [-0.25, -0.2) is 4.98 Å². The first kappa shape index (κ1) is 12.6. The number of hydrogen-bond acceptors (Lipinski definition) is 2. The van der Waals surface area contributed by atoms with Gasteiger partial charge in [0.2, 0.25) is 0 Å². The Balaban J connectivity index is 2.40. The highest BCUT2D eigenvalue weighted by Gasteiger charge is 2.13. The molecular weight excluding hydrogens is 274 g/mol. The maximum absolute atomic E-state index is 6.39. The van der Waals surface area contributed by atoms with Crippen LogP contribution in [0.5, 0.6) is 0 Å². The van der Waals surface area contributed by atoms with E-state index in [-0.39, 0.29) is 0 Å². The number of nitrogens with zero attached hydrogens (tertiary/aromatic N) is 1. The largest absolute Gasteiger partial charge is 0.241 e. The Labute approximate surface area is 121 Å². The number of thiazole rings is 1. The van der Waals surface area contributed by atoms with Crippen molar-refractivity contribution in [1.82, 2.24) is 4.98 Å². The highest BCUT2D eigenvalue weighted by molar-refractivity contribution is 7.18. The molecule has 0 saturated carbocycles. The molecule has 0 aliphatic carbocycles. The van der Waals surface area contributed by atoms with Gasteiger partial charge >= 0.3 is 0 Å². The van der Waals surface area contributed by atoms with Crippen molar-refractivity contribution in [3.05, 3.63) is 51.5 Å². The first-order valence-corrected chi connectivity index (χ1v) is 7.39. The predicted molar refractivity (Wildman–Crippen MR) is 84.3 cm³/mol. The van der Waals surface area contributed by atoms with E-state index in [0.717, 1.165) is 26.7 Å². The zero-order valence-corrected chi connectivity index (χ0v) is 12.7. The molecule has 2 aromatic carbocycles. The summed E-state index contributed by atoms with van der Waals surface area (Å²) in [4.78, 5) is 4.68. The highest BCUT2D eigenvalue weighted by atomic mass is 35.5. The van der Waals surface area contributed by atoms with E-state index in [4.69, 9.17) is 11.6 Å². The molecule has 0 fully saturated rings. The lowest BCUT2D eigenvalue weighted by atomic mass is 9.98. The fraction of sp³-hybridized carbons (Fsp3) is 0.188. The molecule has 0 aliphatic rings. The van der Waals surface area contributed by atoms with Crippen LogP contribution in [0.3, 0.4) is 0 Å². The third kappa shape index (κ3) is 2.15. The van der Waals surface area contributed by atoms with E-state index in [0.29, 0.717) is 0 Å². The van der Waals surface area contributed by atoms with Crippen molar-refractivity contribution in [1.29, 1.82) is 0 Å². The van der Waals surface area contributed by atoms with Crippen LogP contribution < -0.4 is 0 Å². The third-order valence-electron chi connectivity index (χ3n) is 3.27.